The fourth-order valence-electron chi connectivity index (χ4n) is 1.34. The predicted octanol–water partition coefficient (Wildman–Crippen LogP) is -0.0700. The molecule has 16 heavy (non-hydrogen) atoms. The maximum Gasteiger partial charge on any atom is 0.303 e. The Balaban J connectivity index is 3.99. The smallest absolute Gasteiger partial charge is 0.303 e. The summed E-state index contributed by atoms with van der Waals surface area (Å²) in [7, 11) is -3.45. The van der Waals surface area contributed by atoms with Gasteiger partial charge in [-0.3, -0.25) is 4.79 Å². The van der Waals surface area contributed by atoms with Crippen molar-refractivity contribution in [3.63, 3.8) is 0 Å². The highest BCUT2D eigenvalue weighted by molar-refractivity contribution is 7.89. The van der Waals surface area contributed by atoms with E-state index >= 15 is 0 Å². The number of hydrogen-bond acceptors (Lipinski definition) is 4. The van der Waals surface area contributed by atoms with E-state index in [-0.39, 0.29) is 24.6 Å². The number of aliphatic carboxylic acids is 1. The van der Waals surface area contributed by atoms with E-state index in [0.717, 1.165) is 0 Å². The number of carboxylic acids is 1. The highest BCUT2D eigenvalue weighted by Crippen LogP contribution is 2.01. The van der Waals surface area contributed by atoms with Crippen molar-refractivity contribution in [2.45, 2.75) is 45.3 Å². The second kappa shape index (κ2) is 6.82. The molecule has 0 heterocycles. The van der Waals surface area contributed by atoms with Crippen molar-refractivity contribution in [3.05, 3.63) is 0 Å². The van der Waals surface area contributed by atoms with Gasteiger partial charge in [0.2, 0.25) is 10.0 Å². The molecule has 96 valence electrons. The van der Waals surface area contributed by atoms with E-state index in [0.29, 0.717) is 6.42 Å². The lowest BCUT2D eigenvalue weighted by molar-refractivity contribution is -0.137. The lowest BCUT2D eigenvalue weighted by Gasteiger charge is -2.15. The molecule has 0 amide bonds. The van der Waals surface area contributed by atoms with Gasteiger partial charge in [0.25, 0.3) is 0 Å². The first-order valence-corrected chi connectivity index (χ1v) is 6.78. The highest BCUT2D eigenvalue weighted by atomic mass is 32.2. The van der Waals surface area contributed by atoms with Crippen LogP contribution in [0.1, 0.15) is 33.1 Å². The third kappa shape index (κ3) is 8.63. The number of hydrogen-bond donors (Lipinski definition) is 3. The second-order valence-corrected chi connectivity index (χ2v) is 5.79. The van der Waals surface area contributed by atoms with Gasteiger partial charge in [-0.15, -0.1) is 0 Å². The van der Waals surface area contributed by atoms with Crippen LogP contribution in [0.2, 0.25) is 0 Å². The van der Waals surface area contributed by atoms with Crippen molar-refractivity contribution in [2.24, 2.45) is 0 Å². The number of nitrogens with one attached hydrogen (secondary N) is 1. The van der Waals surface area contributed by atoms with E-state index in [4.69, 9.17) is 10.2 Å². The minimum absolute atomic E-state index is 0.0894. The summed E-state index contributed by atoms with van der Waals surface area (Å²) in [6.45, 7) is 3.23. The molecule has 7 heteroatoms. The van der Waals surface area contributed by atoms with Crippen LogP contribution in [0.3, 0.4) is 0 Å². The van der Waals surface area contributed by atoms with Crippen molar-refractivity contribution in [1.29, 1.82) is 0 Å². The Labute approximate surface area is 95.7 Å². The number of carbonyl (C=O) groups is 1. The molecule has 2 atom stereocenters. The van der Waals surface area contributed by atoms with Gasteiger partial charge in [0.05, 0.1) is 11.9 Å². The monoisotopic (exact) mass is 253 g/mol. The minimum Gasteiger partial charge on any atom is -0.481 e. The normalized spacial score (nSPS) is 15.7. The molecule has 0 aliphatic carbocycles. The summed E-state index contributed by atoms with van der Waals surface area (Å²) in [6.07, 6.45) is -0.313. The Hall–Kier alpha value is -0.660. The summed E-state index contributed by atoms with van der Waals surface area (Å²) >= 11 is 0. The third-order valence-corrected chi connectivity index (χ3v) is 3.47. The van der Waals surface area contributed by atoms with Crippen molar-refractivity contribution < 1.29 is 23.4 Å². The SMILES string of the molecule is CC(O)CC(C)NS(=O)(=O)CCCC(=O)O. The summed E-state index contributed by atoms with van der Waals surface area (Å²) in [6, 6.07) is -0.352. The Bertz CT molecular complexity index is 312. The Morgan fingerprint density at radius 2 is 1.94 bits per heavy atom. The molecule has 3 N–H and O–H groups in total. The molecule has 0 bridgehead atoms. The quantitative estimate of drug-likeness (QED) is 0.562. The summed E-state index contributed by atoms with van der Waals surface area (Å²) in [5.41, 5.74) is 0. The fraction of sp³-hybridized carbons (Fsp3) is 0.889. The van der Waals surface area contributed by atoms with E-state index < -0.39 is 22.1 Å². The van der Waals surface area contributed by atoms with Crippen LogP contribution in [0, 0.1) is 0 Å². The van der Waals surface area contributed by atoms with Gasteiger partial charge in [-0.05, 0) is 26.7 Å². The molecule has 0 spiro atoms. The third-order valence-electron chi connectivity index (χ3n) is 1.88. The van der Waals surface area contributed by atoms with Crippen LogP contribution < -0.4 is 4.72 Å². The van der Waals surface area contributed by atoms with Crippen LogP contribution in [-0.2, 0) is 14.8 Å². The van der Waals surface area contributed by atoms with Crippen molar-refractivity contribution in [2.75, 3.05) is 5.75 Å². The average molecular weight is 253 g/mol. The molecule has 0 saturated heterocycles. The molecule has 0 rings (SSSR count). The minimum atomic E-state index is -3.45. The van der Waals surface area contributed by atoms with Gasteiger partial charge in [0.15, 0.2) is 0 Å². The molecule has 0 fully saturated rings. The number of aliphatic hydroxyl groups excluding tert-OH is 1. The Morgan fingerprint density at radius 3 is 2.38 bits per heavy atom. The van der Waals surface area contributed by atoms with E-state index in [1.54, 1.807) is 13.8 Å². The lowest BCUT2D eigenvalue weighted by Crippen LogP contribution is -2.36. The maximum atomic E-state index is 11.4. The standard InChI is InChI=1S/C9H19NO5S/c1-7(6-8(2)11)10-16(14,15)5-3-4-9(12)13/h7-8,10-11H,3-6H2,1-2H3,(H,12,13). The number of rotatable bonds is 8. The van der Waals surface area contributed by atoms with Gasteiger partial charge in [0.1, 0.15) is 0 Å². The summed E-state index contributed by atoms with van der Waals surface area (Å²) in [4.78, 5) is 10.2. The lowest BCUT2D eigenvalue weighted by atomic mass is 10.2. The van der Waals surface area contributed by atoms with Crippen molar-refractivity contribution in [1.82, 2.24) is 4.72 Å². The Morgan fingerprint density at radius 1 is 1.38 bits per heavy atom. The molecule has 0 aliphatic heterocycles. The van der Waals surface area contributed by atoms with Gasteiger partial charge < -0.3 is 10.2 Å². The largest absolute Gasteiger partial charge is 0.481 e. The average Bonchev–Trinajstić information content (AvgIpc) is 1.98. The van der Waals surface area contributed by atoms with Gasteiger partial charge in [-0.2, -0.15) is 0 Å². The zero-order valence-electron chi connectivity index (χ0n) is 9.51. The van der Waals surface area contributed by atoms with Crippen molar-refractivity contribution >= 4 is 16.0 Å². The van der Waals surface area contributed by atoms with E-state index in [2.05, 4.69) is 4.72 Å². The van der Waals surface area contributed by atoms with E-state index in [1.165, 1.54) is 0 Å². The van der Waals surface area contributed by atoms with E-state index in [1.807, 2.05) is 0 Å². The molecular weight excluding hydrogens is 234 g/mol. The molecule has 0 aliphatic rings. The number of carboxylic acid groups (broad SMARTS) is 1. The van der Waals surface area contributed by atoms with Gasteiger partial charge in [0, 0.05) is 12.5 Å². The molecule has 6 nitrogen and oxygen atoms in total. The van der Waals surface area contributed by atoms with Crippen LogP contribution in [0.4, 0.5) is 0 Å². The fourth-order valence-corrected chi connectivity index (χ4v) is 2.69. The molecule has 0 radical (unpaired) electrons. The molecule has 0 aromatic carbocycles. The van der Waals surface area contributed by atoms with Crippen LogP contribution in [0.5, 0.6) is 0 Å². The summed E-state index contributed by atoms with van der Waals surface area (Å²) < 4.78 is 25.2. The highest BCUT2D eigenvalue weighted by Gasteiger charge is 2.15. The zero-order valence-corrected chi connectivity index (χ0v) is 10.3. The first-order valence-electron chi connectivity index (χ1n) is 5.13. The number of sulfonamides is 1. The predicted molar refractivity (Wildman–Crippen MR) is 59.6 cm³/mol. The molecule has 2 unspecified atom stereocenters. The summed E-state index contributed by atoms with van der Waals surface area (Å²) in [5, 5.41) is 17.4. The Kier molecular flexibility index (Phi) is 6.54. The van der Waals surface area contributed by atoms with Crippen molar-refractivity contribution in [3.8, 4) is 0 Å². The van der Waals surface area contributed by atoms with Gasteiger partial charge >= 0.3 is 5.97 Å². The van der Waals surface area contributed by atoms with Crippen LogP contribution in [-0.4, -0.2) is 42.5 Å². The maximum absolute atomic E-state index is 11.4. The van der Waals surface area contributed by atoms with E-state index in [9.17, 15) is 13.2 Å². The molecule has 0 saturated carbocycles. The van der Waals surface area contributed by atoms with Gasteiger partial charge in [-0.25, -0.2) is 13.1 Å². The number of aliphatic hydroxyl groups is 1. The first kappa shape index (κ1) is 15.3. The van der Waals surface area contributed by atoms with Crippen LogP contribution in [0.15, 0.2) is 0 Å². The van der Waals surface area contributed by atoms with Crippen LogP contribution >= 0.6 is 0 Å². The van der Waals surface area contributed by atoms with Crippen LogP contribution in [0.25, 0.3) is 0 Å². The summed E-state index contributed by atoms with van der Waals surface area (Å²) in [5.74, 6) is -1.21. The zero-order chi connectivity index (χ0) is 12.8. The van der Waals surface area contributed by atoms with Gasteiger partial charge in [-0.1, -0.05) is 0 Å². The topological polar surface area (TPSA) is 104 Å². The molecular formula is C9H19NO5S. The second-order valence-electron chi connectivity index (χ2n) is 3.92. The first-order chi connectivity index (χ1) is 7.23. The molecule has 0 aromatic rings. The molecule has 0 aromatic heterocycles.